The average Bonchev–Trinajstić information content (AvgIpc) is 3.00. The first-order valence-electron chi connectivity index (χ1n) is 13.1. The van der Waals surface area contributed by atoms with E-state index in [9.17, 15) is 18.0 Å². The quantitative estimate of drug-likeness (QED) is 0.156. The summed E-state index contributed by atoms with van der Waals surface area (Å²) in [4.78, 5) is 24.8. The molecule has 2 amide bonds. The first-order valence-corrected chi connectivity index (χ1v) is 15.3. The summed E-state index contributed by atoms with van der Waals surface area (Å²) < 4.78 is 33.3. The highest BCUT2D eigenvalue weighted by atomic mass is 35.5. The molecule has 0 saturated heterocycles. The number of halogens is 2. The van der Waals surface area contributed by atoms with Crippen molar-refractivity contribution in [2.24, 2.45) is 5.10 Å². The highest BCUT2D eigenvalue weighted by molar-refractivity contribution is 7.92. The van der Waals surface area contributed by atoms with Crippen LogP contribution in [0.4, 0.5) is 5.69 Å². The molecule has 0 spiro atoms. The highest BCUT2D eigenvalue weighted by Gasteiger charge is 2.27. The first kappa shape index (κ1) is 31.6. The van der Waals surface area contributed by atoms with Crippen LogP contribution in [0.5, 0.6) is 5.75 Å². The number of nitrogens with one attached hydrogen (secondary N) is 2. The van der Waals surface area contributed by atoms with Gasteiger partial charge in [0.1, 0.15) is 12.3 Å². The summed E-state index contributed by atoms with van der Waals surface area (Å²) in [6, 6.07) is 28.4. The summed E-state index contributed by atoms with van der Waals surface area (Å²) in [7, 11) is -4.13. The number of carbonyl (C=O) groups excluding carboxylic acids is 2. The zero-order chi connectivity index (χ0) is 30.7. The van der Waals surface area contributed by atoms with E-state index in [2.05, 4.69) is 15.8 Å². The number of carbonyl (C=O) groups is 2. The predicted octanol–water partition coefficient (Wildman–Crippen LogP) is 5.08. The van der Waals surface area contributed by atoms with Crippen molar-refractivity contribution in [1.29, 1.82) is 0 Å². The molecule has 0 heterocycles. The number of hydrazone groups is 1. The summed E-state index contributed by atoms with van der Waals surface area (Å²) in [5, 5.41) is 7.44. The Morgan fingerprint density at radius 2 is 1.56 bits per heavy atom. The summed E-state index contributed by atoms with van der Waals surface area (Å²) in [6.07, 6.45) is 2.13. The van der Waals surface area contributed by atoms with E-state index in [1.165, 1.54) is 42.6 Å². The number of nitrogens with zero attached hydrogens (tertiary/aromatic N) is 2. The highest BCUT2D eigenvalue weighted by Crippen LogP contribution is 2.26. The number of benzene rings is 4. The first-order chi connectivity index (χ1) is 20.7. The molecule has 0 aliphatic heterocycles. The van der Waals surface area contributed by atoms with Crippen LogP contribution in [0, 0.1) is 0 Å². The Morgan fingerprint density at radius 1 is 0.837 bits per heavy atom. The van der Waals surface area contributed by atoms with Gasteiger partial charge in [0, 0.05) is 16.6 Å². The van der Waals surface area contributed by atoms with Crippen molar-refractivity contribution >= 4 is 56.9 Å². The largest absolute Gasteiger partial charge is 0.484 e. The molecule has 4 rings (SSSR count). The molecule has 0 atom stereocenters. The molecule has 0 bridgehead atoms. The van der Waals surface area contributed by atoms with Crippen molar-refractivity contribution in [2.45, 2.75) is 11.3 Å². The summed E-state index contributed by atoms with van der Waals surface area (Å²) in [5.74, 6) is -0.412. The zero-order valence-electron chi connectivity index (χ0n) is 22.8. The third-order valence-electron chi connectivity index (χ3n) is 6.02. The fourth-order valence-electron chi connectivity index (χ4n) is 3.87. The maximum absolute atomic E-state index is 13.4. The second-order valence-electron chi connectivity index (χ2n) is 9.18. The normalized spacial score (nSPS) is 11.2. The molecule has 0 saturated carbocycles. The van der Waals surface area contributed by atoms with Gasteiger partial charge in [0.25, 0.3) is 21.8 Å². The van der Waals surface area contributed by atoms with Crippen LogP contribution >= 0.6 is 23.2 Å². The Balaban J connectivity index is 1.30. The van der Waals surface area contributed by atoms with Crippen LogP contribution in [-0.4, -0.2) is 46.1 Å². The van der Waals surface area contributed by atoms with Crippen LogP contribution in [0.2, 0.25) is 10.0 Å². The van der Waals surface area contributed by atoms with E-state index < -0.39 is 22.5 Å². The topological polar surface area (TPSA) is 117 Å². The Kier molecular flexibility index (Phi) is 11.2. The Bertz CT molecular complexity index is 1670. The molecule has 43 heavy (non-hydrogen) atoms. The Hall–Kier alpha value is -4.38. The molecule has 4 aromatic rings. The van der Waals surface area contributed by atoms with Crippen LogP contribution in [0.3, 0.4) is 0 Å². The zero-order valence-corrected chi connectivity index (χ0v) is 25.1. The Morgan fingerprint density at radius 3 is 2.26 bits per heavy atom. The van der Waals surface area contributed by atoms with Crippen LogP contribution in [-0.2, 0) is 26.0 Å². The van der Waals surface area contributed by atoms with Gasteiger partial charge in [-0.15, -0.1) is 0 Å². The summed E-state index contributed by atoms with van der Waals surface area (Å²) >= 11 is 12.0. The van der Waals surface area contributed by atoms with Gasteiger partial charge in [0.15, 0.2) is 6.61 Å². The second-order valence-corrected chi connectivity index (χ2v) is 11.9. The van der Waals surface area contributed by atoms with E-state index >= 15 is 0 Å². The van der Waals surface area contributed by atoms with E-state index in [1.807, 2.05) is 30.3 Å². The molecule has 0 radical (unpaired) electrons. The molecule has 12 heteroatoms. The second kappa shape index (κ2) is 15.2. The number of rotatable bonds is 13. The van der Waals surface area contributed by atoms with Gasteiger partial charge in [-0.3, -0.25) is 13.9 Å². The minimum atomic E-state index is -4.13. The molecule has 2 N–H and O–H groups in total. The minimum absolute atomic E-state index is 0.0415. The van der Waals surface area contributed by atoms with Crippen LogP contribution < -0.4 is 19.8 Å². The Labute approximate surface area is 260 Å². The number of ether oxygens (including phenoxy) is 1. The molecule has 0 aromatic heterocycles. The lowest BCUT2D eigenvalue weighted by Gasteiger charge is -2.23. The van der Waals surface area contributed by atoms with Crippen molar-refractivity contribution in [3.8, 4) is 5.75 Å². The molecule has 0 aliphatic rings. The molecule has 0 unspecified atom stereocenters. The maximum Gasteiger partial charge on any atom is 0.264 e. The SMILES string of the molecule is O=C(COc1ccc(/C=N\NC(=O)CN(c2cccc(Cl)c2)S(=O)(=O)c2ccc(Cl)cc2)cc1)NCCc1ccccc1. The smallest absolute Gasteiger partial charge is 0.264 e. The maximum atomic E-state index is 13.4. The molecule has 222 valence electrons. The molecule has 0 aliphatic carbocycles. The van der Waals surface area contributed by atoms with Crippen molar-refractivity contribution in [2.75, 3.05) is 24.0 Å². The monoisotopic (exact) mass is 638 g/mol. The van der Waals surface area contributed by atoms with Crippen LogP contribution in [0.1, 0.15) is 11.1 Å². The van der Waals surface area contributed by atoms with Crippen LogP contribution in [0.25, 0.3) is 0 Å². The number of sulfonamides is 1. The van der Waals surface area contributed by atoms with Gasteiger partial charge in [0.2, 0.25) is 0 Å². The van der Waals surface area contributed by atoms with Crippen molar-refractivity contribution in [3.05, 3.63) is 124 Å². The van der Waals surface area contributed by atoms with Crippen molar-refractivity contribution in [1.82, 2.24) is 10.7 Å². The van der Waals surface area contributed by atoms with E-state index in [4.69, 9.17) is 27.9 Å². The summed E-state index contributed by atoms with van der Waals surface area (Å²) in [5.41, 5.74) is 4.34. The third-order valence-corrected chi connectivity index (χ3v) is 8.29. The van der Waals surface area contributed by atoms with E-state index in [0.717, 1.165) is 16.3 Å². The van der Waals surface area contributed by atoms with Gasteiger partial charge in [-0.05, 0) is 84.3 Å². The minimum Gasteiger partial charge on any atom is -0.484 e. The lowest BCUT2D eigenvalue weighted by molar-refractivity contribution is -0.123. The van der Waals surface area contributed by atoms with Crippen molar-refractivity contribution < 1.29 is 22.7 Å². The predicted molar refractivity (Wildman–Crippen MR) is 168 cm³/mol. The van der Waals surface area contributed by atoms with Crippen LogP contribution in [0.15, 0.2) is 113 Å². The van der Waals surface area contributed by atoms with Gasteiger partial charge >= 0.3 is 0 Å². The lowest BCUT2D eigenvalue weighted by atomic mass is 10.1. The molecule has 0 fully saturated rings. The van der Waals surface area contributed by atoms with Gasteiger partial charge in [-0.2, -0.15) is 5.10 Å². The number of anilines is 1. The third kappa shape index (κ3) is 9.57. The van der Waals surface area contributed by atoms with Crippen molar-refractivity contribution in [3.63, 3.8) is 0 Å². The van der Waals surface area contributed by atoms with Gasteiger partial charge in [0.05, 0.1) is 16.8 Å². The number of hydrogen-bond acceptors (Lipinski definition) is 6. The van der Waals surface area contributed by atoms with E-state index in [1.54, 1.807) is 36.4 Å². The lowest BCUT2D eigenvalue weighted by Crippen LogP contribution is -2.39. The summed E-state index contributed by atoms with van der Waals surface area (Å²) in [6.45, 7) is -0.166. The van der Waals surface area contributed by atoms with Gasteiger partial charge < -0.3 is 10.1 Å². The molecular formula is C31H28Cl2N4O5S. The van der Waals surface area contributed by atoms with E-state index in [0.29, 0.717) is 27.9 Å². The standard InChI is InChI=1S/C31H28Cl2N4O5S/c32-25-11-15-29(16-12-25)43(40,41)37(27-8-4-7-26(33)19-27)21-30(38)36-35-20-24-9-13-28(14-10-24)42-22-31(39)34-18-17-23-5-2-1-3-6-23/h1-16,19-20H,17-18,21-22H2,(H,34,39)(H,36,38)/b35-20-. The van der Waals surface area contributed by atoms with Gasteiger partial charge in [-0.25, -0.2) is 13.8 Å². The molecular weight excluding hydrogens is 611 g/mol. The average molecular weight is 640 g/mol. The van der Waals surface area contributed by atoms with E-state index in [-0.39, 0.29) is 23.1 Å². The number of amides is 2. The number of hydrogen-bond donors (Lipinski definition) is 2. The fourth-order valence-corrected chi connectivity index (χ4v) is 5.59. The van der Waals surface area contributed by atoms with Gasteiger partial charge in [-0.1, -0.05) is 59.6 Å². The molecule has 4 aromatic carbocycles. The molecule has 9 nitrogen and oxygen atoms in total. The fraction of sp³-hybridized carbons (Fsp3) is 0.129.